The molecule has 0 aliphatic carbocycles. The fourth-order valence-corrected chi connectivity index (χ4v) is 7.17. The molecule has 6 amide bonds. The summed E-state index contributed by atoms with van der Waals surface area (Å²) >= 11 is 0. The molecular weight excluding hydrogens is 921 g/mol. The highest BCUT2D eigenvalue weighted by Crippen LogP contribution is 2.17. The van der Waals surface area contributed by atoms with E-state index in [1.165, 1.54) is 0 Å². The quantitative estimate of drug-likeness (QED) is 0.0505. The monoisotopic (exact) mass is 989 g/mol. The first-order valence-electron chi connectivity index (χ1n) is 23.7. The van der Waals surface area contributed by atoms with Crippen LogP contribution in [0, 0.1) is 0 Å². The third-order valence-electron chi connectivity index (χ3n) is 10.7. The van der Waals surface area contributed by atoms with E-state index in [4.69, 9.17) is 20.9 Å². The average Bonchev–Trinajstić information content (AvgIpc) is 3.89. The van der Waals surface area contributed by atoms with Crippen LogP contribution in [0.25, 0.3) is 22.1 Å². The largest absolute Gasteiger partial charge is 0.444 e. The Morgan fingerprint density at radius 1 is 0.514 bits per heavy atom. The normalized spacial score (nSPS) is 13.0. The summed E-state index contributed by atoms with van der Waals surface area (Å²) in [5, 5.41) is 16.3. The Balaban J connectivity index is 0.000000267. The van der Waals surface area contributed by atoms with Gasteiger partial charge in [-0.3, -0.25) is 19.2 Å². The Kier molecular flexibility index (Phi) is 19.1. The molecule has 2 aromatic heterocycles. The van der Waals surface area contributed by atoms with Crippen molar-refractivity contribution < 1.29 is 38.2 Å². The smallest absolute Gasteiger partial charge is 0.408 e. The second-order valence-corrected chi connectivity index (χ2v) is 19.3. The summed E-state index contributed by atoms with van der Waals surface area (Å²) in [6.45, 7) is 14.2. The number of amides is 6. The van der Waals surface area contributed by atoms with Crippen molar-refractivity contribution in [3.8, 4) is 0 Å². The van der Waals surface area contributed by atoms with Crippen molar-refractivity contribution >= 4 is 69.8 Å². The highest BCUT2D eigenvalue weighted by Gasteiger charge is 2.28. The Bertz CT molecular complexity index is 2590. The number of fused-ring (bicyclic) bond motifs is 2. The van der Waals surface area contributed by atoms with E-state index in [0.717, 1.165) is 44.3 Å². The summed E-state index contributed by atoms with van der Waals surface area (Å²) in [5.41, 5.74) is 16.7. The predicted octanol–water partition coefficient (Wildman–Crippen LogP) is 5.58. The Morgan fingerprint density at radius 2 is 0.875 bits per heavy atom. The number of ether oxygens (including phenoxy) is 2. The maximum Gasteiger partial charge on any atom is 0.408 e. The van der Waals surface area contributed by atoms with Crippen molar-refractivity contribution in [2.24, 2.45) is 0 Å². The van der Waals surface area contributed by atoms with Crippen LogP contribution in [0.4, 0.5) is 21.5 Å². The number of nitrogens with two attached hydrogens (primary N) is 2. The Morgan fingerprint density at radius 3 is 1.22 bits per heavy atom. The maximum absolute atomic E-state index is 13.0. The second kappa shape index (κ2) is 25.1. The molecular formula is C52H68N12O8. The van der Waals surface area contributed by atoms with Crippen LogP contribution < -0.4 is 43.4 Å². The van der Waals surface area contributed by atoms with Crippen molar-refractivity contribution in [3.63, 3.8) is 0 Å². The lowest BCUT2D eigenvalue weighted by Crippen LogP contribution is -2.53. The second-order valence-electron chi connectivity index (χ2n) is 19.3. The molecule has 72 heavy (non-hydrogen) atoms. The molecule has 0 saturated heterocycles. The third-order valence-corrected chi connectivity index (χ3v) is 10.7. The van der Waals surface area contributed by atoms with E-state index in [9.17, 15) is 28.8 Å². The van der Waals surface area contributed by atoms with Crippen LogP contribution in [0.1, 0.15) is 90.5 Å². The number of carbonyl (C=O) groups is 6. The van der Waals surface area contributed by atoms with Crippen LogP contribution in [0.5, 0.6) is 0 Å². The number of imidazole rings is 2. The lowest BCUT2D eigenvalue weighted by molar-refractivity contribution is -0.129. The number of hydrogen-bond acceptors (Lipinski definition) is 12. The number of aryl methyl sites for hydroxylation is 2. The van der Waals surface area contributed by atoms with E-state index in [1.54, 1.807) is 55.4 Å². The average molecular weight is 989 g/mol. The standard InChI is InChI=1S/2C26H34N6O4/c2*1-16(22(33)28-15-18-11-12-19-21(14-18)31-24(27)30-19)29-23(34)20(32-25(35)36-26(2,3)4)13-10-17-8-6-5-7-9-17/h2*5-9,11-12,14,16,20H,10,13,15H2,1-4H3,(H,28,33)(H,29,34)(H,32,35)(H3,27,30,31)/t16-,20?;16-,20+/m00/s1. The van der Waals surface area contributed by atoms with Crippen molar-refractivity contribution in [1.82, 2.24) is 51.8 Å². The van der Waals surface area contributed by atoms with Gasteiger partial charge in [0.15, 0.2) is 11.9 Å². The first-order chi connectivity index (χ1) is 34.0. The van der Waals surface area contributed by atoms with Crippen LogP contribution in [-0.4, -0.2) is 91.1 Å². The molecule has 6 rings (SSSR count). The van der Waals surface area contributed by atoms with Gasteiger partial charge in [-0.15, -0.1) is 0 Å². The summed E-state index contributed by atoms with van der Waals surface area (Å²) in [6.07, 6.45) is 0.435. The number of nitrogens with zero attached hydrogens (tertiary/aromatic N) is 2. The van der Waals surface area contributed by atoms with Crippen LogP contribution in [0.3, 0.4) is 0 Å². The first kappa shape index (κ1) is 54.8. The molecule has 0 fully saturated rings. The van der Waals surface area contributed by atoms with E-state index in [1.807, 2.05) is 97.1 Å². The van der Waals surface area contributed by atoms with Crippen molar-refractivity contribution in [2.75, 3.05) is 11.5 Å². The van der Waals surface area contributed by atoms with Gasteiger partial charge in [-0.25, -0.2) is 19.6 Å². The molecule has 6 aromatic rings. The SMILES string of the molecule is C[C@H](NC(=O)C(CCc1ccccc1)NC(=O)OC(C)(C)C)C(=O)NCc1ccc2nc(N)[nH]c2c1.C[C@H](NC(=O)[C@@H](CCc1ccccc1)NC(=O)OC(C)(C)C)C(=O)NCc1ccc2nc(N)[nH]c2c1. The summed E-state index contributed by atoms with van der Waals surface area (Å²) in [4.78, 5) is 90.3. The zero-order valence-corrected chi connectivity index (χ0v) is 42.1. The van der Waals surface area contributed by atoms with E-state index in [0.29, 0.717) is 37.6 Å². The van der Waals surface area contributed by atoms with Crippen LogP contribution in [0.15, 0.2) is 97.1 Å². The summed E-state index contributed by atoms with van der Waals surface area (Å²) in [5.74, 6) is -0.991. The van der Waals surface area contributed by atoms with Gasteiger partial charge in [0, 0.05) is 13.1 Å². The van der Waals surface area contributed by atoms with Crippen LogP contribution >= 0.6 is 0 Å². The van der Waals surface area contributed by atoms with E-state index in [2.05, 4.69) is 51.8 Å². The zero-order valence-electron chi connectivity index (χ0n) is 42.1. The topological polar surface area (TPSA) is 302 Å². The number of H-pyrrole nitrogens is 2. The number of hydrogen-bond donors (Lipinski definition) is 10. The van der Waals surface area contributed by atoms with E-state index in [-0.39, 0.29) is 24.9 Å². The molecule has 0 spiro atoms. The maximum atomic E-state index is 13.0. The number of rotatable bonds is 18. The number of benzene rings is 4. The summed E-state index contributed by atoms with van der Waals surface area (Å²) < 4.78 is 10.6. The molecule has 0 bridgehead atoms. The molecule has 20 heteroatoms. The molecule has 384 valence electrons. The molecule has 0 radical (unpaired) electrons. The highest BCUT2D eigenvalue weighted by molar-refractivity contribution is 5.92. The summed E-state index contributed by atoms with van der Waals surface area (Å²) in [6, 6.07) is 26.9. The minimum absolute atomic E-state index is 0.265. The summed E-state index contributed by atoms with van der Waals surface area (Å²) in [7, 11) is 0. The number of anilines is 2. The van der Waals surface area contributed by atoms with E-state index < -0.39 is 59.4 Å². The van der Waals surface area contributed by atoms with Crippen molar-refractivity contribution in [3.05, 3.63) is 119 Å². The van der Waals surface area contributed by atoms with Crippen LogP contribution in [0.2, 0.25) is 0 Å². The fraction of sp³-hybridized carbons (Fsp3) is 0.385. The van der Waals surface area contributed by atoms with E-state index >= 15 is 0 Å². The number of nitrogen functional groups attached to an aromatic ring is 2. The Labute approximate surface area is 418 Å². The minimum Gasteiger partial charge on any atom is -0.444 e. The van der Waals surface area contributed by atoms with Gasteiger partial charge in [-0.2, -0.15) is 0 Å². The molecule has 4 aromatic carbocycles. The van der Waals surface area contributed by atoms with Crippen LogP contribution in [-0.2, 0) is 54.6 Å². The molecule has 1 unspecified atom stereocenters. The molecule has 0 aliphatic heterocycles. The third kappa shape index (κ3) is 18.3. The number of aromatic nitrogens is 4. The fourth-order valence-electron chi connectivity index (χ4n) is 7.17. The zero-order chi connectivity index (χ0) is 52.6. The highest BCUT2D eigenvalue weighted by atomic mass is 16.6. The van der Waals surface area contributed by atoms with Gasteiger partial charge in [-0.1, -0.05) is 72.8 Å². The van der Waals surface area contributed by atoms with Gasteiger partial charge in [0.1, 0.15) is 35.4 Å². The number of aromatic amines is 2. The molecule has 0 aliphatic rings. The number of alkyl carbamates (subject to hydrolysis) is 2. The lowest BCUT2D eigenvalue weighted by Gasteiger charge is -2.24. The van der Waals surface area contributed by atoms with Crippen molar-refractivity contribution in [2.45, 2.75) is 130 Å². The molecule has 20 nitrogen and oxygen atoms in total. The molecule has 12 N–H and O–H groups in total. The van der Waals surface area contributed by atoms with Crippen molar-refractivity contribution in [1.29, 1.82) is 0 Å². The Hall–Kier alpha value is -8.16. The molecule has 4 atom stereocenters. The van der Waals surface area contributed by atoms with Gasteiger partial charge in [0.25, 0.3) is 0 Å². The first-order valence-corrected chi connectivity index (χ1v) is 23.7. The van der Waals surface area contributed by atoms with Gasteiger partial charge in [-0.05, 0) is 128 Å². The van der Waals surface area contributed by atoms with Gasteiger partial charge < -0.3 is 62.8 Å². The number of nitrogens with one attached hydrogen (secondary N) is 8. The van der Waals surface area contributed by atoms with Gasteiger partial charge >= 0.3 is 12.2 Å². The predicted molar refractivity (Wildman–Crippen MR) is 276 cm³/mol. The molecule has 2 heterocycles. The number of carbonyl (C=O) groups excluding carboxylic acids is 6. The van der Waals surface area contributed by atoms with Gasteiger partial charge in [0.05, 0.1) is 22.1 Å². The lowest BCUT2D eigenvalue weighted by atomic mass is 10.0. The molecule has 0 saturated carbocycles. The van der Waals surface area contributed by atoms with Gasteiger partial charge in [0.2, 0.25) is 23.6 Å². The minimum atomic E-state index is -0.872.